The minimum atomic E-state index is -5.88. The van der Waals surface area contributed by atoms with Crippen LogP contribution in [-0.4, -0.2) is 50.8 Å². The molecule has 0 amide bonds. The molecule has 0 aliphatic carbocycles. The summed E-state index contributed by atoms with van der Waals surface area (Å²) < 4.78 is 74.2. The van der Waals surface area contributed by atoms with Crippen LogP contribution in [0.1, 0.15) is 78.7 Å². The minimum absolute atomic E-state index is 0.00140. The van der Waals surface area contributed by atoms with E-state index in [1.807, 2.05) is 0 Å². The van der Waals surface area contributed by atoms with Gasteiger partial charge in [0.1, 0.15) is 11.5 Å². The topological polar surface area (TPSA) is 124 Å². The Morgan fingerprint density at radius 2 is 1.62 bits per heavy atom. The van der Waals surface area contributed by atoms with Gasteiger partial charge in [0.15, 0.2) is 5.78 Å². The molecular formula is C24H31F3N2O7S. The highest BCUT2D eigenvalue weighted by Crippen LogP contribution is 2.30. The standard InChI is InChI=1S/C24H31F3N2O7S/c1-15-17(13-18-20(34-3)14-21(29-18)36-37(32,33)24(25,26)27)28-16(2)23(15)19(30)11-9-7-5-6-8-10-12-22(31)35-4/h13-14,28H,5-12H2,1-4H3/b18-13-. The Hall–Kier alpha value is -3.09. The number of aromatic nitrogens is 1. The molecule has 0 bridgehead atoms. The number of rotatable bonds is 13. The zero-order chi connectivity index (χ0) is 27.8. The van der Waals surface area contributed by atoms with Crippen LogP contribution in [0.3, 0.4) is 0 Å². The number of hydrogen-bond donors (Lipinski definition) is 1. The van der Waals surface area contributed by atoms with Gasteiger partial charge in [0.25, 0.3) is 0 Å². The van der Waals surface area contributed by atoms with Crippen LogP contribution >= 0.6 is 0 Å². The van der Waals surface area contributed by atoms with Crippen LogP contribution in [0.15, 0.2) is 22.5 Å². The Balaban J connectivity index is 2.01. The number of esters is 1. The lowest BCUT2D eigenvalue weighted by Crippen LogP contribution is -2.27. The van der Waals surface area contributed by atoms with E-state index in [0.29, 0.717) is 41.8 Å². The lowest BCUT2D eigenvalue weighted by Gasteiger charge is -2.07. The maximum absolute atomic E-state index is 12.9. The lowest BCUT2D eigenvalue weighted by molar-refractivity contribution is -0.140. The molecule has 0 spiro atoms. The number of carbonyl (C=O) groups excluding carboxylic acids is 2. The number of methoxy groups -OCH3 is 2. The summed E-state index contributed by atoms with van der Waals surface area (Å²) in [7, 11) is -3.27. The molecule has 1 aliphatic rings. The number of hydrogen-bond acceptors (Lipinski definition) is 8. The summed E-state index contributed by atoms with van der Waals surface area (Å²) in [6, 6.07) is 0. The van der Waals surface area contributed by atoms with Gasteiger partial charge >= 0.3 is 21.6 Å². The van der Waals surface area contributed by atoms with Crippen molar-refractivity contribution in [3.05, 3.63) is 40.0 Å². The molecule has 9 nitrogen and oxygen atoms in total. The number of carbonyl (C=O) groups is 2. The van der Waals surface area contributed by atoms with Crippen LogP contribution in [-0.2, 0) is 28.6 Å². The molecule has 0 unspecified atom stereocenters. The number of aliphatic imine (C=N–C) groups is 1. The number of unbranched alkanes of at least 4 members (excludes halogenated alkanes) is 5. The number of ketones is 1. The van der Waals surface area contributed by atoms with Crippen molar-refractivity contribution in [3.8, 4) is 0 Å². The van der Waals surface area contributed by atoms with Gasteiger partial charge in [-0.25, -0.2) is 4.99 Å². The zero-order valence-electron chi connectivity index (χ0n) is 21.2. The van der Waals surface area contributed by atoms with Crippen molar-refractivity contribution in [1.29, 1.82) is 0 Å². The normalized spacial score (nSPS) is 14.9. The van der Waals surface area contributed by atoms with Crippen LogP contribution < -0.4 is 0 Å². The quantitative estimate of drug-likeness (QED) is 0.117. The Kier molecular flexibility index (Phi) is 10.5. The van der Waals surface area contributed by atoms with Crippen molar-refractivity contribution in [2.24, 2.45) is 4.99 Å². The first-order chi connectivity index (χ1) is 17.3. The number of nitrogens with zero attached hydrogens (tertiary/aromatic N) is 1. The summed E-state index contributed by atoms with van der Waals surface area (Å²) in [4.78, 5) is 30.8. The molecule has 0 saturated heterocycles. The number of nitrogens with one attached hydrogen (secondary N) is 1. The van der Waals surface area contributed by atoms with Gasteiger partial charge in [0.05, 0.1) is 14.2 Å². The van der Waals surface area contributed by atoms with E-state index >= 15 is 0 Å². The lowest BCUT2D eigenvalue weighted by atomic mass is 10.00. The second kappa shape index (κ2) is 12.9. The first-order valence-corrected chi connectivity index (χ1v) is 13.1. The average molecular weight is 549 g/mol. The average Bonchev–Trinajstić information content (AvgIpc) is 3.32. The molecule has 37 heavy (non-hydrogen) atoms. The number of halogens is 3. The molecule has 0 fully saturated rings. The van der Waals surface area contributed by atoms with E-state index in [-0.39, 0.29) is 23.2 Å². The molecule has 2 heterocycles. The highest BCUT2D eigenvalue weighted by molar-refractivity contribution is 7.88. The monoisotopic (exact) mass is 548 g/mol. The molecule has 13 heteroatoms. The second-order valence-electron chi connectivity index (χ2n) is 8.46. The molecule has 0 aromatic carbocycles. The zero-order valence-corrected chi connectivity index (χ0v) is 22.0. The fourth-order valence-electron chi connectivity index (χ4n) is 3.82. The van der Waals surface area contributed by atoms with E-state index < -0.39 is 21.5 Å². The first kappa shape index (κ1) is 30.1. The summed E-state index contributed by atoms with van der Waals surface area (Å²) in [5.74, 6) is -1.05. The van der Waals surface area contributed by atoms with E-state index in [4.69, 9.17) is 4.74 Å². The third-order valence-corrected chi connectivity index (χ3v) is 6.69. The Morgan fingerprint density at radius 3 is 2.19 bits per heavy atom. The number of alkyl halides is 3. The maximum atomic E-state index is 12.9. The molecule has 2 rings (SSSR count). The number of H-pyrrole nitrogens is 1. The molecule has 1 N–H and O–H groups in total. The largest absolute Gasteiger partial charge is 0.534 e. The SMILES string of the molecule is COC(=O)CCCCCCCCC(=O)c1c(C)[nH]c(/C=C2\N=C(OS(=O)(=O)C(F)(F)F)C=C2OC)c1C. The number of ether oxygens (including phenoxy) is 2. The first-order valence-electron chi connectivity index (χ1n) is 11.7. The van der Waals surface area contributed by atoms with Gasteiger partial charge in [-0.15, -0.1) is 0 Å². The van der Waals surface area contributed by atoms with Crippen molar-refractivity contribution in [2.45, 2.75) is 70.7 Å². The smallest absolute Gasteiger partial charge is 0.494 e. The van der Waals surface area contributed by atoms with Crippen molar-refractivity contribution >= 4 is 33.8 Å². The molecule has 1 aromatic rings. The molecule has 0 atom stereocenters. The summed E-state index contributed by atoms with van der Waals surface area (Å²) in [5.41, 5.74) is -3.32. The third-order valence-electron chi connectivity index (χ3n) is 5.73. The molecule has 206 valence electrons. The highest BCUT2D eigenvalue weighted by Gasteiger charge is 2.49. The van der Waals surface area contributed by atoms with Gasteiger partial charge in [-0.3, -0.25) is 9.59 Å². The summed E-state index contributed by atoms with van der Waals surface area (Å²) in [6.45, 7) is 3.46. The summed E-state index contributed by atoms with van der Waals surface area (Å²) >= 11 is 0. The Bertz CT molecular complexity index is 1200. The minimum Gasteiger partial charge on any atom is -0.494 e. The predicted octanol–water partition coefficient (Wildman–Crippen LogP) is 5.26. The molecule has 1 aromatic heterocycles. The van der Waals surface area contributed by atoms with Gasteiger partial charge in [-0.2, -0.15) is 21.6 Å². The maximum Gasteiger partial charge on any atom is 0.534 e. The van der Waals surface area contributed by atoms with E-state index in [1.54, 1.807) is 13.8 Å². The van der Waals surface area contributed by atoms with Gasteiger partial charge in [-0.05, 0) is 38.3 Å². The summed E-state index contributed by atoms with van der Waals surface area (Å²) in [6.07, 6.45) is 8.36. The van der Waals surface area contributed by atoms with E-state index in [1.165, 1.54) is 20.3 Å². The Labute approximate surface area is 213 Å². The van der Waals surface area contributed by atoms with E-state index in [0.717, 1.165) is 38.2 Å². The highest BCUT2D eigenvalue weighted by atomic mass is 32.2. The number of Topliss-reactive ketones (excluding diaryl/α,β-unsaturated/α-hetero) is 1. The fourth-order valence-corrected chi connectivity index (χ4v) is 4.23. The Morgan fingerprint density at radius 1 is 1.03 bits per heavy atom. The van der Waals surface area contributed by atoms with Gasteiger partial charge in [0.2, 0.25) is 5.90 Å². The van der Waals surface area contributed by atoms with Crippen LogP contribution in [0.5, 0.6) is 0 Å². The van der Waals surface area contributed by atoms with Crippen LogP contribution in [0.4, 0.5) is 13.2 Å². The van der Waals surface area contributed by atoms with Gasteiger partial charge < -0.3 is 18.6 Å². The van der Waals surface area contributed by atoms with Gasteiger partial charge in [0, 0.05) is 35.9 Å². The van der Waals surface area contributed by atoms with E-state index in [2.05, 4.69) is 18.9 Å². The van der Waals surface area contributed by atoms with Gasteiger partial charge in [-0.1, -0.05) is 25.7 Å². The molecule has 0 radical (unpaired) electrons. The van der Waals surface area contributed by atoms with Crippen molar-refractivity contribution < 1.29 is 44.8 Å². The fraction of sp³-hybridized carbons (Fsp3) is 0.542. The number of aromatic amines is 1. The predicted molar refractivity (Wildman–Crippen MR) is 130 cm³/mol. The molecule has 0 saturated carbocycles. The molecular weight excluding hydrogens is 517 g/mol. The molecule has 1 aliphatic heterocycles. The van der Waals surface area contributed by atoms with Crippen molar-refractivity contribution in [2.75, 3.05) is 14.2 Å². The van der Waals surface area contributed by atoms with Crippen LogP contribution in [0.2, 0.25) is 0 Å². The van der Waals surface area contributed by atoms with Crippen molar-refractivity contribution in [1.82, 2.24) is 4.98 Å². The van der Waals surface area contributed by atoms with Crippen LogP contribution in [0.25, 0.3) is 6.08 Å². The van der Waals surface area contributed by atoms with Crippen molar-refractivity contribution in [3.63, 3.8) is 0 Å². The third kappa shape index (κ3) is 8.20. The summed E-state index contributed by atoms with van der Waals surface area (Å²) in [5, 5.41) is 0. The van der Waals surface area contributed by atoms with Crippen LogP contribution in [0, 0.1) is 13.8 Å². The number of aryl methyl sites for hydroxylation is 1. The van der Waals surface area contributed by atoms with E-state index in [9.17, 15) is 31.2 Å². The second-order valence-corrected chi connectivity index (χ2v) is 10.00.